The van der Waals surface area contributed by atoms with E-state index in [9.17, 15) is 13.2 Å². The Hall–Kier alpha value is -1.31. The molecule has 0 heterocycles. The van der Waals surface area contributed by atoms with E-state index in [1.165, 1.54) is 0 Å². The van der Waals surface area contributed by atoms with Crippen LogP contribution in [-0.2, 0) is 10.0 Å². The normalized spacial score (nSPS) is 10.8. The zero-order chi connectivity index (χ0) is 15.2. The Morgan fingerprint density at radius 3 is 2.57 bits per heavy atom. The van der Waals surface area contributed by atoms with E-state index in [-0.39, 0.29) is 24.1 Å². The quantitative estimate of drug-likeness (QED) is 0.512. The number of anilines is 1. The minimum Gasteiger partial charge on any atom is -0.399 e. The van der Waals surface area contributed by atoms with Gasteiger partial charge in [-0.05, 0) is 38.0 Å². The molecule has 1 aromatic carbocycles. The number of hydrogen-bond acceptors (Lipinski definition) is 4. The Morgan fingerprint density at radius 1 is 1.29 bits per heavy atom. The molecule has 120 valence electrons. The third-order valence-corrected chi connectivity index (χ3v) is 4.25. The molecule has 0 aliphatic carbocycles. The highest BCUT2D eigenvalue weighted by atomic mass is 35.5. The summed E-state index contributed by atoms with van der Waals surface area (Å²) in [7, 11) is -3.16. The number of rotatable bonds is 7. The van der Waals surface area contributed by atoms with E-state index in [4.69, 9.17) is 5.73 Å². The number of nitrogens with two attached hydrogens (primary N) is 1. The smallest absolute Gasteiger partial charge is 0.251 e. The van der Waals surface area contributed by atoms with Gasteiger partial charge < -0.3 is 11.1 Å². The lowest BCUT2D eigenvalue weighted by Gasteiger charge is -2.09. The van der Waals surface area contributed by atoms with Gasteiger partial charge in [0.05, 0.1) is 5.75 Å². The van der Waals surface area contributed by atoms with Gasteiger partial charge in [0, 0.05) is 24.3 Å². The third kappa shape index (κ3) is 6.79. The highest BCUT2D eigenvalue weighted by molar-refractivity contribution is 7.89. The molecule has 0 radical (unpaired) electrons. The van der Waals surface area contributed by atoms with Crippen molar-refractivity contribution in [3.05, 3.63) is 29.3 Å². The predicted octanol–water partition coefficient (Wildman–Crippen LogP) is 1.06. The Kier molecular flexibility index (Phi) is 8.31. The first-order valence-electron chi connectivity index (χ1n) is 6.47. The maximum absolute atomic E-state index is 11.9. The molecule has 0 fully saturated rings. The van der Waals surface area contributed by atoms with Crippen molar-refractivity contribution in [3.63, 3.8) is 0 Å². The van der Waals surface area contributed by atoms with E-state index in [0.29, 0.717) is 30.8 Å². The lowest BCUT2D eigenvalue weighted by molar-refractivity contribution is 0.0953. The summed E-state index contributed by atoms with van der Waals surface area (Å²) in [6, 6.07) is 5.16. The van der Waals surface area contributed by atoms with Gasteiger partial charge in [-0.3, -0.25) is 4.79 Å². The molecule has 1 rings (SSSR count). The van der Waals surface area contributed by atoms with E-state index >= 15 is 0 Å². The van der Waals surface area contributed by atoms with Crippen LogP contribution in [0.15, 0.2) is 18.2 Å². The van der Waals surface area contributed by atoms with Crippen LogP contribution in [0.25, 0.3) is 0 Å². The maximum Gasteiger partial charge on any atom is 0.251 e. The summed E-state index contributed by atoms with van der Waals surface area (Å²) in [5, 5.41) is 2.74. The number of sulfonamides is 1. The van der Waals surface area contributed by atoms with E-state index < -0.39 is 10.0 Å². The third-order valence-electron chi connectivity index (χ3n) is 2.85. The lowest BCUT2D eigenvalue weighted by atomic mass is 10.1. The van der Waals surface area contributed by atoms with Gasteiger partial charge in [0.1, 0.15) is 0 Å². The van der Waals surface area contributed by atoms with Crippen molar-refractivity contribution in [1.82, 2.24) is 10.0 Å². The molecule has 0 saturated heterocycles. The van der Waals surface area contributed by atoms with Crippen molar-refractivity contribution in [3.8, 4) is 0 Å². The second-order valence-electron chi connectivity index (χ2n) is 4.48. The number of aryl methyl sites for hydroxylation is 1. The van der Waals surface area contributed by atoms with Crippen molar-refractivity contribution in [2.24, 2.45) is 0 Å². The summed E-state index contributed by atoms with van der Waals surface area (Å²) < 4.78 is 24.8. The standard InChI is InChI=1S/C13H21N3O3S.ClH/c1-3-20(18,19)16-8-4-7-15-13(17)12-9-11(14)6-5-10(12)2;/h5-6,9,16H,3-4,7-8,14H2,1-2H3,(H,15,17);1H. The molecule has 8 heteroatoms. The molecular formula is C13H22ClN3O3S. The highest BCUT2D eigenvalue weighted by Crippen LogP contribution is 2.12. The van der Waals surface area contributed by atoms with E-state index in [0.717, 1.165) is 5.56 Å². The maximum atomic E-state index is 11.9. The largest absolute Gasteiger partial charge is 0.399 e. The summed E-state index contributed by atoms with van der Waals surface area (Å²) in [6.45, 7) is 4.13. The van der Waals surface area contributed by atoms with Crippen LogP contribution in [0.3, 0.4) is 0 Å². The van der Waals surface area contributed by atoms with Gasteiger partial charge in [0.15, 0.2) is 0 Å². The number of nitrogen functional groups attached to an aromatic ring is 1. The molecule has 0 bridgehead atoms. The van der Waals surface area contributed by atoms with E-state index in [1.807, 2.05) is 6.92 Å². The molecule has 0 unspecified atom stereocenters. The summed E-state index contributed by atoms with van der Waals surface area (Å²) in [6.07, 6.45) is 0.534. The molecule has 0 spiro atoms. The Morgan fingerprint density at radius 2 is 1.95 bits per heavy atom. The van der Waals surface area contributed by atoms with E-state index in [1.54, 1.807) is 25.1 Å². The second kappa shape index (κ2) is 8.86. The van der Waals surface area contributed by atoms with Gasteiger partial charge in [0.2, 0.25) is 10.0 Å². The highest BCUT2D eigenvalue weighted by Gasteiger charge is 2.09. The fraction of sp³-hybridized carbons (Fsp3) is 0.462. The van der Waals surface area contributed by atoms with Gasteiger partial charge >= 0.3 is 0 Å². The monoisotopic (exact) mass is 335 g/mol. The zero-order valence-corrected chi connectivity index (χ0v) is 13.8. The van der Waals surface area contributed by atoms with Gasteiger partial charge in [-0.25, -0.2) is 13.1 Å². The molecule has 1 amide bonds. The van der Waals surface area contributed by atoms with Crippen molar-refractivity contribution >= 4 is 34.0 Å². The number of carbonyl (C=O) groups is 1. The molecule has 1 aromatic rings. The number of hydrogen-bond donors (Lipinski definition) is 3. The Balaban J connectivity index is 0.00000400. The summed E-state index contributed by atoms with van der Waals surface area (Å²) in [5.74, 6) is -0.143. The first-order chi connectivity index (χ1) is 9.35. The van der Waals surface area contributed by atoms with Gasteiger partial charge in [0.25, 0.3) is 5.91 Å². The van der Waals surface area contributed by atoms with Crippen LogP contribution >= 0.6 is 12.4 Å². The molecular weight excluding hydrogens is 314 g/mol. The SMILES string of the molecule is CCS(=O)(=O)NCCCNC(=O)c1cc(N)ccc1C.Cl. The Labute approximate surface area is 132 Å². The molecule has 6 nitrogen and oxygen atoms in total. The van der Waals surface area contributed by atoms with Crippen molar-refractivity contribution < 1.29 is 13.2 Å². The van der Waals surface area contributed by atoms with Gasteiger partial charge in [-0.15, -0.1) is 12.4 Å². The number of halogens is 1. The summed E-state index contributed by atoms with van der Waals surface area (Å²) in [5.41, 5.74) is 7.58. The molecule has 0 aliphatic heterocycles. The summed E-state index contributed by atoms with van der Waals surface area (Å²) >= 11 is 0. The first-order valence-corrected chi connectivity index (χ1v) is 8.12. The fourth-order valence-electron chi connectivity index (χ4n) is 1.60. The van der Waals surface area contributed by atoms with Crippen LogP contribution in [0.4, 0.5) is 5.69 Å². The molecule has 0 saturated carbocycles. The minimum absolute atomic E-state index is 0. The van der Waals surface area contributed by atoms with Crippen LogP contribution in [0.2, 0.25) is 0 Å². The van der Waals surface area contributed by atoms with Gasteiger partial charge in [-0.2, -0.15) is 0 Å². The number of benzene rings is 1. The molecule has 21 heavy (non-hydrogen) atoms. The van der Waals surface area contributed by atoms with E-state index in [2.05, 4.69) is 10.0 Å². The van der Waals surface area contributed by atoms with Crippen molar-refractivity contribution in [1.29, 1.82) is 0 Å². The van der Waals surface area contributed by atoms with Crippen LogP contribution in [0.5, 0.6) is 0 Å². The average molecular weight is 336 g/mol. The molecule has 0 atom stereocenters. The summed E-state index contributed by atoms with van der Waals surface area (Å²) in [4.78, 5) is 11.9. The lowest BCUT2D eigenvalue weighted by Crippen LogP contribution is -2.30. The number of nitrogens with one attached hydrogen (secondary N) is 2. The molecule has 4 N–H and O–H groups in total. The minimum atomic E-state index is -3.16. The number of carbonyl (C=O) groups excluding carboxylic acids is 1. The van der Waals surface area contributed by atoms with Crippen LogP contribution in [-0.4, -0.2) is 33.2 Å². The number of amides is 1. The van der Waals surface area contributed by atoms with Crippen LogP contribution in [0.1, 0.15) is 29.3 Å². The Bertz CT molecular complexity index is 576. The fourth-order valence-corrected chi connectivity index (χ4v) is 2.26. The second-order valence-corrected chi connectivity index (χ2v) is 6.58. The zero-order valence-electron chi connectivity index (χ0n) is 12.2. The van der Waals surface area contributed by atoms with Crippen molar-refractivity contribution in [2.75, 3.05) is 24.6 Å². The first kappa shape index (κ1) is 19.7. The molecule has 0 aliphatic rings. The van der Waals surface area contributed by atoms with Crippen LogP contribution < -0.4 is 15.8 Å². The average Bonchev–Trinajstić information content (AvgIpc) is 2.40. The van der Waals surface area contributed by atoms with Crippen molar-refractivity contribution in [2.45, 2.75) is 20.3 Å². The van der Waals surface area contributed by atoms with Gasteiger partial charge in [-0.1, -0.05) is 6.07 Å². The topological polar surface area (TPSA) is 101 Å². The molecule has 0 aromatic heterocycles. The predicted molar refractivity (Wildman–Crippen MR) is 87.3 cm³/mol. The van der Waals surface area contributed by atoms with Crippen LogP contribution in [0, 0.1) is 6.92 Å².